The zero-order chi connectivity index (χ0) is 23.3. The van der Waals surface area contributed by atoms with E-state index in [9.17, 15) is 4.79 Å². The molecule has 0 fully saturated rings. The summed E-state index contributed by atoms with van der Waals surface area (Å²) in [4.78, 5) is 27.4. The zero-order valence-electron chi connectivity index (χ0n) is 19.1. The van der Waals surface area contributed by atoms with Crippen molar-refractivity contribution in [2.24, 2.45) is 0 Å². The number of aryl methyl sites for hydroxylation is 1. The first-order valence-corrected chi connectivity index (χ1v) is 11.4. The maximum Gasteiger partial charge on any atom is 0.213 e. The van der Waals surface area contributed by atoms with Gasteiger partial charge in [-0.3, -0.25) is 9.69 Å². The van der Waals surface area contributed by atoms with Crippen LogP contribution >= 0.6 is 0 Å². The molecule has 0 saturated heterocycles. The second kappa shape index (κ2) is 9.89. The number of ether oxygens (including phenoxy) is 1. The van der Waals surface area contributed by atoms with Crippen LogP contribution in [0.3, 0.4) is 0 Å². The number of nitrogens with one attached hydrogen (secondary N) is 1. The molecular weight excluding hydrogens is 426 g/mol. The van der Waals surface area contributed by atoms with Crippen LogP contribution in [0.5, 0.6) is 5.88 Å². The number of rotatable bonds is 9. The Labute approximate surface area is 197 Å². The molecule has 172 valence electrons. The summed E-state index contributed by atoms with van der Waals surface area (Å²) < 4.78 is 7.48. The Morgan fingerprint density at radius 2 is 1.88 bits per heavy atom. The van der Waals surface area contributed by atoms with Crippen LogP contribution < -0.4 is 10.2 Å². The van der Waals surface area contributed by atoms with Crippen LogP contribution in [-0.2, 0) is 19.6 Å². The molecule has 0 radical (unpaired) electrons. The summed E-state index contributed by atoms with van der Waals surface area (Å²) in [7, 11) is 1.62. The fourth-order valence-electron chi connectivity index (χ4n) is 4.35. The lowest BCUT2D eigenvalue weighted by Crippen LogP contribution is -2.28. The minimum absolute atomic E-state index is 0.0762. The van der Waals surface area contributed by atoms with Gasteiger partial charge in [-0.25, -0.2) is 9.97 Å². The van der Waals surface area contributed by atoms with Crippen molar-refractivity contribution in [3.63, 3.8) is 0 Å². The predicted octanol–water partition coefficient (Wildman–Crippen LogP) is 4.37. The van der Waals surface area contributed by atoms with E-state index < -0.39 is 0 Å². The van der Waals surface area contributed by atoms with E-state index in [1.807, 2.05) is 67.1 Å². The molecule has 0 bridgehead atoms. The van der Waals surface area contributed by atoms with Gasteiger partial charge in [-0.05, 0) is 42.3 Å². The number of aromatic nitrogens is 4. The molecule has 0 aliphatic carbocycles. The molecule has 34 heavy (non-hydrogen) atoms. The van der Waals surface area contributed by atoms with Gasteiger partial charge in [0.25, 0.3) is 0 Å². The second-order valence-electron chi connectivity index (χ2n) is 8.39. The number of pyridine rings is 2. The first-order chi connectivity index (χ1) is 16.7. The number of methoxy groups -OCH3 is 1. The van der Waals surface area contributed by atoms with E-state index in [1.54, 1.807) is 13.3 Å². The minimum atomic E-state index is 0.0762. The molecule has 5 aromatic rings. The molecule has 7 heteroatoms. The van der Waals surface area contributed by atoms with Crippen molar-refractivity contribution < 1.29 is 4.74 Å². The van der Waals surface area contributed by atoms with E-state index >= 15 is 0 Å². The number of benzene rings is 2. The molecule has 3 heterocycles. The Hall–Kier alpha value is -3.97. The van der Waals surface area contributed by atoms with Crippen molar-refractivity contribution >= 4 is 21.9 Å². The highest BCUT2D eigenvalue weighted by molar-refractivity contribution is 5.78. The number of H-pyrrole nitrogens is 1. The number of aromatic amines is 1. The number of hydrogen-bond donors (Lipinski definition) is 1. The summed E-state index contributed by atoms with van der Waals surface area (Å²) in [6, 6.07) is 19.7. The average molecular weight is 454 g/mol. The van der Waals surface area contributed by atoms with Crippen LogP contribution in [0.2, 0.25) is 0 Å². The third-order valence-corrected chi connectivity index (χ3v) is 6.07. The number of imidazole rings is 1. The highest BCUT2D eigenvalue weighted by Gasteiger charge is 2.13. The zero-order valence-corrected chi connectivity index (χ0v) is 19.1. The highest BCUT2D eigenvalue weighted by atomic mass is 16.5. The molecule has 0 unspecified atom stereocenters. The predicted molar refractivity (Wildman–Crippen MR) is 134 cm³/mol. The number of fused-ring (bicyclic) bond motifs is 2. The van der Waals surface area contributed by atoms with Gasteiger partial charge in [0.05, 0.1) is 24.5 Å². The maximum atomic E-state index is 13.1. The summed E-state index contributed by atoms with van der Waals surface area (Å²) in [5.74, 6) is 0.589. The average Bonchev–Trinajstić information content (AvgIpc) is 3.29. The largest absolute Gasteiger partial charge is 0.481 e. The fraction of sp³-hybridized carbons (Fsp3) is 0.222. The van der Waals surface area contributed by atoms with Crippen molar-refractivity contribution in [1.82, 2.24) is 24.4 Å². The van der Waals surface area contributed by atoms with Crippen LogP contribution in [0, 0.1) is 0 Å². The van der Waals surface area contributed by atoms with Crippen molar-refractivity contribution in [3.8, 4) is 5.88 Å². The van der Waals surface area contributed by atoms with Crippen molar-refractivity contribution in [2.45, 2.75) is 26.1 Å². The van der Waals surface area contributed by atoms with Crippen LogP contribution in [0.1, 0.15) is 17.5 Å². The second-order valence-corrected chi connectivity index (χ2v) is 8.39. The van der Waals surface area contributed by atoms with Gasteiger partial charge < -0.3 is 14.3 Å². The Morgan fingerprint density at radius 3 is 2.79 bits per heavy atom. The SMILES string of the molecule is COc1cc(CN(CCCn2cnc3ccccc32)Cc2c[nH]c3ccccc3c2=O)ccn1. The summed E-state index contributed by atoms with van der Waals surface area (Å²) in [5, 5.41) is 0.718. The quantitative estimate of drug-likeness (QED) is 0.359. The molecule has 0 atom stereocenters. The van der Waals surface area contributed by atoms with Crippen LogP contribution in [0.4, 0.5) is 0 Å². The summed E-state index contributed by atoms with van der Waals surface area (Å²) in [6.07, 6.45) is 6.42. The molecular formula is C27H27N5O2. The van der Waals surface area contributed by atoms with Crippen LogP contribution in [-0.4, -0.2) is 38.1 Å². The standard InChI is InChI=1S/C27H27N5O2/c1-34-26-15-20(11-12-28-26)17-31(13-6-14-32-19-30-24-9-4-5-10-25(24)32)18-21-16-29-23-8-3-2-7-22(23)27(21)33/h2-5,7-12,15-16,19H,6,13-14,17-18H2,1H3,(H,29,33). The third kappa shape index (κ3) is 4.70. The third-order valence-electron chi connectivity index (χ3n) is 6.07. The van der Waals surface area contributed by atoms with E-state index in [0.29, 0.717) is 19.0 Å². The molecule has 0 saturated carbocycles. The summed E-state index contributed by atoms with van der Waals surface area (Å²) in [6.45, 7) is 2.92. The molecule has 5 rings (SSSR count). The summed E-state index contributed by atoms with van der Waals surface area (Å²) in [5.41, 5.74) is 4.93. The normalized spacial score (nSPS) is 11.5. The maximum absolute atomic E-state index is 13.1. The lowest BCUT2D eigenvalue weighted by atomic mass is 10.1. The summed E-state index contributed by atoms with van der Waals surface area (Å²) >= 11 is 0. The van der Waals surface area contributed by atoms with Gasteiger partial charge in [-0.1, -0.05) is 24.3 Å². The monoisotopic (exact) mass is 453 g/mol. The fourth-order valence-corrected chi connectivity index (χ4v) is 4.35. The first kappa shape index (κ1) is 21.9. The van der Waals surface area contributed by atoms with Gasteiger partial charge in [-0.15, -0.1) is 0 Å². The smallest absolute Gasteiger partial charge is 0.213 e. The Balaban J connectivity index is 1.36. The number of hydrogen-bond acceptors (Lipinski definition) is 5. The van der Waals surface area contributed by atoms with Gasteiger partial charge in [0, 0.05) is 61.1 Å². The highest BCUT2D eigenvalue weighted by Crippen LogP contribution is 2.16. The molecule has 7 nitrogen and oxygen atoms in total. The Morgan fingerprint density at radius 1 is 1.03 bits per heavy atom. The van der Waals surface area contributed by atoms with E-state index in [1.165, 1.54) is 0 Å². The van der Waals surface area contributed by atoms with E-state index in [-0.39, 0.29) is 5.43 Å². The number of nitrogens with zero attached hydrogens (tertiary/aromatic N) is 4. The first-order valence-electron chi connectivity index (χ1n) is 11.4. The van der Waals surface area contributed by atoms with E-state index in [4.69, 9.17) is 4.74 Å². The van der Waals surface area contributed by atoms with Crippen molar-refractivity contribution in [3.05, 3.63) is 101 Å². The molecule has 0 aliphatic rings. The molecule has 0 aliphatic heterocycles. The lowest BCUT2D eigenvalue weighted by molar-refractivity contribution is 0.247. The lowest BCUT2D eigenvalue weighted by Gasteiger charge is -2.23. The number of para-hydroxylation sites is 3. The molecule has 0 spiro atoms. The Bertz CT molecular complexity index is 1470. The minimum Gasteiger partial charge on any atom is -0.481 e. The van der Waals surface area contributed by atoms with Gasteiger partial charge in [0.15, 0.2) is 5.43 Å². The van der Waals surface area contributed by atoms with Gasteiger partial charge in [0.2, 0.25) is 5.88 Å². The van der Waals surface area contributed by atoms with Crippen LogP contribution in [0.25, 0.3) is 21.9 Å². The molecule has 1 N–H and O–H groups in total. The van der Waals surface area contributed by atoms with Gasteiger partial charge in [0.1, 0.15) is 0 Å². The van der Waals surface area contributed by atoms with Gasteiger partial charge in [-0.2, -0.15) is 0 Å². The van der Waals surface area contributed by atoms with Gasteiger partial charge >= 0.3 is 0 Å². The molecule has 0 amide bonds. The van der Waals surface area contributed by atoms with E-state index in [0.717, 1.165) is 52.6 Å². The van der Waals surface area contributed by atoms with Crippen molar-refractivity contribution in [2.75, 3.05) is 13.7 Å². The van der Waals surface area contributed by atoms with Crippen LogP contribution in [0.15, 0.2) is 84.2 Å². The Kier molecular flexibility index (Phi) is 6.35. The molecule has 2 aromatic carbocycles. The van der Waals surface area contributed by atoms with E-state index in [2.05, 4.69) is 30.5 Å². The van der Waals surface area contributed by atoms with Crippen molar-refractivity contribution in [1.29, 1.82) is 0 Å². The molecule has 3 aromatic heterocycles. The topological polar surface area (TPSA) is 76.0 Å².